The summed E-state index contributed by atoms with van der Waals surface area (Å²) >= 11 is 0. The monoisotopic (exact) mass is 663 g/mol. The van der Waals surface area contributed by atoms with Crippen LogP contribution in [0, 0.1) is 0 Å². The van der Waals surface area contributed by atoms with E-state index >= 15 is 0 Å². The second kappa shape index (κ2) is 12.5. The molecule has 0 amide bonds. The summed E-state index contributed by atoms with van der Waals surface area (Å²) in [7, 11) is 0. The van der Waals surface area contributed by atoms with Crippen LogP contribution in [-0.4, -0.2) is 10.8 Å². The van der Waals surface area contributed by atoms with Gasteiger partial charge in [-0.3, -0.25) is 4.98 Å². The Hall–Kier alpha value is -6.84. The molecule has 2 heterocycles. The van der Waals surface area contributed by atoms with E-state index in [1.165, 1.54) is 43.4 Å². The molecule has 1 unspecified atom stereocenters. The number of aliphatic imine (C=N–C) groups is 1. The van der Waals surface area contributed by atoms with Gasteiger partial charge in [0.05, 0.1) is 17.4 Å². The van der Waals surface area contributed by atoms with Crippen LogP contribution in [0.5, 0.6) is 0 Å². The lowest BCUT2D eigenvalue weighted by molar-refractivity contribution is 0.781. The second-order valence-corrected chi connectivity index (χ2v) is 13.5. The molecule has 10 rings (SSSR count). The van der Waals surface area contributed by atoms with Gasteiger partial charge in [0.1, 0.15) is 5.84 Å². The molecular weight excluding hydrogens is 631 g/mol. The normalized spacial score (nSPS) is 14.3. The van der Waals surface area contributed by atoms with Gasteiger partial charge < -0.3 is 5.32 Å². The first-order valence-electron chi connectivity index (χ1n) is 17.8. The molecule has 1 aromatic heterocycles. The van der Waals surface area contributed by atoms with Crippen molar-refractivity contribution < 1.29 is 0 Å². The molecule has 52 heavy (non-hydrogen) atoms. The molecule has 0 spiro atoms. The summed E-state index contributed by atoms with van der Waals surface area (Å²) in [4.78, 5) is 10.1. The number of benzene rings is 8. The van der Waals surface area contributed by atoms with Crippen molar-refractivity contribution in [1.82, 2.24) is 10.3 Å². The maximum atomic E-state index is 5.32. The Morgan fingerprint density at radius 2 is 1.02 bits per heavy atom. The Balaban J connectivity index is 1.20. The van der Waals surface area contributed by atoms with Gasteiger partial charge in [-0.05, 0) is 114 Å². The predicted molar refractivity (Wildman–Crippen MR) is 218 cm³/mol. The van der Waals surface area contributed by atoms with E-state index in [1.807, 2.05) is 18.3 Å². The van der Waals surface area contributed by atoms with Crippen LogP contribution in [0.1, 0.15) is 22.7 Å². The Kier molecular flexibility index (Phi) is 7.21. The lowest BCUT2D eigenvalue weighted by Gasteiger charge is -2.25. The Morgan fingerprint density at radius 3 is 1.75 bits per heavy atom. The lowest BCUT2D eigenvalue weighted by atomic mass is 9.89. The number of aromatic nitrogens is 1. The van der Waals surface area contributed by atoms with Crippen molar-refractivity contribution in [3.8, 4) is 33.5 Å². The smallest absolute Gasteiger partial charge is 0.134 e. The highest BCUT2D eigenvalue weighted by molar-refractivity contribution is 6.23. The van der Waals surface area contributed by atoms with Crippen LogP contribution in [-0.2, 0) is 0 Å². The van der Waals surface area contributed by atoms with Gasteiger partial charge in [-0.15, -0.1) is 0 Å². The van der Waals surface area contributed by atoms with E-state index < -0.39 is 0 Å². The van der Waals surface area contributed by atoms with Gasteiger partial charge in [0.15, 0.2) is 0 Å². The van der Waals surface area contributed by atoms with Crippen LogP contribution in [0.25, 0.3) is 71.5 Å². The molecule has 0 saturated carbocycles. The Bertz CT molecular complexity index is 2740. The van der Waals surface area contributed by atoms with Crippen molar-refractivity contribution in [3.05, 3.63) is 205 Å². The summed E-state index contributed by atoms with van der Waals surface area (Å²) in [5.74, 6) is 0.839. The highest BCUT2D eigenvalue weighted by atomic mass is 15.0. The zero-order valence-corrected chi connectivity index (χ0v) is 28.4. The molecule has 3 nitrogen and oxygen atoms in total. The molecule has 0 aliphatic carbocycles. The molecule has 1 aliphatic rings. The van der Waals surface area contributed by atoms with Gasteiger partial charge in [-0.2, -0.15) is 0 Å². The summed E-state index contributed by atoms with van der Waals surface area (Å²) in [5, 5.41) is 11.5. The summed E-state index contributed by atoms with van der Waals surface area (Å²) < 4.78 is 0. The van der Waals surface area contributed by atoms with Gasteiger partial charge >= 0.3 is 0 Å². The molecule has 1 aliphatic heterocycles. The molecule has 8 aromatic carbocycles. The minimum atomic E-state index is -0.0467. The van der Waals surface area contributed by atoms with E-state index in [-0.39, 0.29) is 6.04 Å². The maximum Gasteiger partial charge on any atom is 0.134 e. The second-order valence-electron chi connectivity index (χ2n) is 13.5. The van der Waals surface area contributed by atoms with Gasteiger partial charge in [0, 0.05) is 17.3 Å². The Labute approximate surface area is 302 Å². The highest BCUT2D eigenvalue weighted by Crippen LogP contribution is 2.40. The molecule has 9 aromatic rings. The average Bonchev–Trinajstić information content (AvgIpc) is 3.23. The molecule has 0 saturated heterocycles. The van der Waals surface area contributed by atoms with Gasteiger partial charge in [0.2, 0.25) is 0 Å². The molecule has 0 fully saturated rings. The number of hydrogen-bond donors (Lipinski definition) is 1. The third-order valence-electron chi connectivity index (χ3n) is 10.3. The molecule has 1 N–H and O–H groups in total. The molecule has 0 radical (unpaired) electrons. The summed E-state index contributed by atoms with van der Waals surface area (Å²) in [5.41, 5.74) is 10.8. The van der Waals surface area contributed by atoms with Gasteiger partial charge in [-0.25, -0.2) is 4.99 Å². The number of pyridine rings is 1. The topological polar surface area (TPSA) is 37.3 Å². The molecule has 1 atom stereocenters. The third-order valence-corrected chi connectivity index (χ3v) is 10.3. The van der Waals surface area contributed by atoms with Crippen molar-refractivity contribution in [2.75, 3.05) is 0 Å². The zero-order valence-electron chi connectivity index (χ0n) is 28.4. The van der Waals surface area contributed by atoms with E-state index in [1.54, 1.807) is 0 Å². The minimum absolute atomic E-state index is 0.0467. The fourth-order valence-electron chi connectivity index (χ4n) is 7.78. The molecule has 0 bridgehead atoms. The SMILES string of the molecule is C1=C(c2ccccc2)N=C(c2cc(-c3cc4ccc5cccc6ccc(c3)c4c56)cc(-c3ccccc3-c3ccccn3)c2)NC1c1ccccc1. The summed E-state index contributed by atoms with van der Waals surface area (Å²) in [6, 6.07) is 62.9. The van der Waals surface area contributed by atoms with Crippen molar-refractivity contribution in [1.29, 1.82) is 0 Å². The first-order chi connectivity index (χ1) is 25.7. The summed E-state index contributed by atoms with van der Waals surface area (Å²) in [6.45, 7) is 0. The Morgan fingerprint density at radius 1 is 0.423 bits per heavy atom. The van der Waals surface area contributed by atoms with Crippen LogP contribution < -0.4 is 5.32 Å². The first kappa shape index (κ1) is 30.0. The third kappa shape index (κ3) is 5.31. The lowest BCUT2D eigenvalue weighted by Crippen LogP contribution is -2.31. The number of amidine groups is 1. The van der Waals surface area contributed by atoms with E-state index in [9.17, 15) is 0 Å². The average molecular weight is 664 g/mol. The zero-order chi connectivity index (χ0) is 34.4. The number of hydrogen-bond acceptors (Lipinski definition) is 3. The van der Waals surface area contributed by atoms with Crippen LogP contribution in [0.4, 0.5) is 0 Å². The van der Waals surface area contributed by atoms with E-state index in [2.05, 4.69) is 175 Å². The van der Waals surface area contributed by atoms with Crippen molar-refractivity contribution in [2.24, 2.45) is 4.99 Å². The van der Waals surface area contributed by atoms with Crippen LogP contribution in [0.3, 0.4) is 0 Å². The van der Waals surface area contributed by atoms with E-state index in [4.69, 9.17) is 9.98 Å². The van der Waals surface area contributed by atoms with Crippen molar-refractivity contribution in [3.63, 3.8) is 0 Å². The van der Waals surface area contributed by atoms with E-state index in [0.717, 1.165) is 50.6 Å². The standard InChI is InChI=1S/C49H33N3/c1-3-12-32(13-4-1)45-31-46(33-14-5-2-6-15-33)52-49(51-45)41-29-39(28-40(30-41)42-18-7-8-19-43(42)44-20-9-10-25-50-44)38-26-36-23-21-34-16-11-17-35-22-24-37(27-38)48(36)47(34)35/h1-31,45H,(H,51,52). The first-order valence-corrected chi connectivity index (χ1v) is 17.8. The van der Waals surface area contributed by atoms with E-state index in [0.29, 0.717) is 0 Å². The fraction of sp³-hybridized carbons (Fsp3) is 0.0204. The summed E-state index contributed by atoms with van der Waals surface area (Å²) in [6.07, 6.45) is 4.09. The number of nitrogens with one attached hydrogen (secondary N) is 1. The molecular formula is C49H33N3. The van der Waals surface area contributed by atoms with Gasteiger partial charge in [-0.1, -0.05) is 133 Å². The predicted octanol–water partition coefficient (Wildman–Crippen LogP) is 12.1. The molecule has 244 valence electrons. The molecule has 3 heteroatoms. The largest absolute Gasteiger partial charge is 0.359 e. The van der Waals surface area contributed by atoms with Crippen LogP contribution in [0.15, 0.2) is 193 Å². The number of rotatable bonds is 6. The highest BCUT2D eigenvalue weighted by Gasteiger charge is 2.22. The maximum absolute atomic E-state index is 5.32. The minimum Gasteiger partial charge on any atom is -0.359 e. The van der Waals surface area contributed by atoms with Crippen molar-refractivity contribution in [2.45, 2.75) is 6.04 Å². The fourth-order valence-corrected chi connectivity index (χ4v) is 7.78. The van der Waals surface area contributed by atoms with Crippen molar-refractivity contribution >= 4 is 43.9 Å². The van der Waals surface area contributed by atoms with Crippen LogP contribution in [0.2, 0.25) is 0 Å². The quantitative estimate of drug-likeness (QED) is 0.180. The number of nitrogens with zero attached hydrogens (tertiary/aromatic N) is 2. The van der Waals surface area contributed by atoms with Gasteiger partial charge in [0.25, 0.3) is 0 Å². The van der Waals surface area contributed by atoms with Crippen LogP contribution >= 0.6 is 0 Å².